The van der Waals surface area contributed by atoms with Crippen LogP contribution in [0.15, 0.2) is 54.6 Å². The summed E-state index contributed by atoms with van der Waals surface area (Å²) < 4.78 is 0. The van der Waals surface area contributed by atoms with Gasteiger partial charge in [-0.2, -0.15) is 5.26 Å². The first-order valence-electron chi connectivity index (χ1n) is 9.24. The Bertz CT molecular complexity index is 839. The Hall–Kier alpha value is -2.58. The quantitative estimate of drug-likeness (QED) is 0.542. The van der Waals surface area contributed by atoms with E-state index in [4.69, 9.17) is 0 Å². The Labute approximate surface area is 164 Å². The Morgan fingerprint density at radius 1 is 1.00 bits per heavy atom. The summed E-state index contributed by atoms with van der Waals surface area (Å²) in [4.78, 5) is 26.4. The number of rotatable bonds is 5. The van der Waals surface area contributed by atoms with Gasteiger partial charge in [-0.25, -0.2) is 4.90 Å². The molecule has 138 valence electrons. The zero-order chi connectivity index (χ0) is 19.1. The van der Waals surface area contributed by atoms with E-state index in [1.165, 1.54) is 31.0 Å². The Morgan fingerprint density at radius 3 is 2.41 bits per heavy atom. The van der Waals surface area contributed by atoms with Crippen LogP contribution in [0.5, 0.6) is 0 Å². The maximum absolute atomic E-state index is 12.7. The molecular formula is C22H22N2O2S. The summed E-state index contributed by atoms with van der Waals surface area (Å²) in [6.45, 7) is 0.213. The van der Waals surface area contributed by atoms with Crippen molar-refractivity contribution in [3.63, 3.8) is 0 Å². The summed E-state index contributed by atoms with van der Waals surface area (Å²) in [5.41, 5.74) is 1.77. The Morgan fingerprint density at radius 2 is 1.70 bits per heavy atom. The van der Waals surface area contributed by atoms with Gasteiger partial charge in [-0.1, -0.05) is 73.5 Å². The Balaban J connectivity index is 1.70. The van der Waals surface area contributed by atoms with Gasteiger partial charge >= 0.3 is 0 Å². The van der Waals surface area contributed by atoms with Crippen molar-refractivity contribution in [1.82, 2.24) is 4.90 Å². The first-order chi connectivity index (χ1) is 13.2. The molecule has 3 rings (SSSR count). The van der Waals surface area contributed by atoms with Crippen LogP contribution in [-0.4, -0.2) is 21.2 Å². The molecule has 5 heteroatoms. The standard InChI is InChI=1S/C22H22N2O2S/c23-16-24(15-17-8-3-1-4-9-17)21(25)18-10-7-11-19(14-18)22(26)27-20-12-5-2-6-13-20/h1,3-4,7-11,14,20H,2,5-6,12-13,15H2. The number of hydrogen-bond acceptors (Lipinski definition) is 4. The van der Waals surface area contributed by atoms with Gasteiger partial charge in [0, 0.05) is 16.4 Å². The van der Waals surface area contributed by atoms with E-state index in [2.05, 4.69) is 0 Å². The predicted molar refractivity (Wildman–Crippen MR) is 107 cm³/mol. The molecule has 1 amide bonds. The molecule has 0 aromatic heterocycles. The lowest BCUT2D eigenvalue weighted by Crippen LogP contribution is -2.25. The molecule has 4 nitrogen and oxygen atoms in total. The first kappa shape index (κ1) is 19.2. The topological polar surface area (TPSA) is 61.2 Å². The number of hydrogen-bond donors (Lipinski definition) is 0. The molecule has 0 bridgehead atoms. The van der Waals surface area contributed by atoms with Gasteiger partial charge in [-0.05, 0) is 30.5 Å². The summed E-state index contributed by atoms with van der Waals surface area (Å²) in [7, 11) is 0. The number of carbonyl (C=O) groups is 2. The largest absolute Gasteiger partial charge is 0.282 e. The summed E-state index contributed by atoms with van der Waals surface area (Å²) in [5, 5.41) is 9.78. The molecule has 0 aliphatic heterocycles. The van der Waals surface area contributed by atoms with E-state index in [-0.39, 0.29) is 11.7 Å². The van der Waals surface area contributed by atoms with Crippen molar-refractivity contribution < 1.29 is 9.59 Å². The highest BCUT2D eigenvalue weighted by Crippen LogP contribution is 2.30. The van der Waals surface area contributed by atoms with Crippen LogP contribution in [0.3, 0.4) is 0 Å². The third kappa shape index (κ3) is 5.21. The van der Waals surface area contributed by atoms with Crippen LogP contribution in [0.1, 0.15) is 58.4 Å². The molecule has 2 aromatic rings. The monoisotopic (exact) mass is 378 g/mol. The third-order valence-corrected chi connectivity index (χ3v) is 5.98. The van der Waals surface area contributed by atoms with Crippen molar-refractivity contribution in [3.05, 3.63) is 71.3 Å². The predicted octanol–water partition coefficient (Wildman–Crippen LogP) is 5.02. The van der Waals surface area contributed by atoms with Crippen molar-refractivity contribution in [2.24, 2.45) is 0 Å². The van der Waals surface area contributed by atoms with Gasteiger partial charge in [0.1, 0.15) is 0 Å². The fourth-order valence-corrected chi connectivity index (χ4v) is 4.39. The van der Waals surface area contributed by atoms with Crippen LogP contribution >= 0.6 is 11.8 Å². The lowest BCUT2D eigenvalue weighted by Gasteiger charge is -2.20. The van der Waals surface area contributed by atoms with Crippen molar-refractivity contribution in [1.29, 1.82) is 5.26 Å². The van der Waals surface area contributed by atoms with Crippen LogP contribution in [0.25, 0.3) is 0 Å². The number of benzene rings is 2. The SMILES string of the molecule is N#CN(Cc1ccccc1)C(=O)c1cccc(C(=O)SC2CCCCC2)c1. The average Bonchev–Trinajstić information content (AvgIpc) is 2.73. The second-order valence-electron chi connectivity index (χ2n) is 6.72. The summed E-state index contributed by atoms with van der Waals surface area (Å²) in [5.74, 6) is -0.390. The van der Waals surface area contributed by atoms with Crippen LogP contribution < -0.4 is 0 Å². The van der Waals surface area contributed by atoms with Gasteiger partial charge < -0.3 is 0 Å². The van der Waals surface area contributed by atoms with Gasteiger partial charge in [0.05, 0.1) is 6.54 Å². The van der Waals surface area contributed by atoms with Gasteiger partial charge in [-0.15, -0.1) is 0 Å². The van der Waals surface area contributed by atoms with Crippen molar-refractivity contribution >= 4 is 22.8 Å². The van der Waals surface area contributed by atoms with Crippen LogP contribution in [0, 0.1) is 11.5 Å². The van der Waals surface area contributed by atoms with Gasteiger partial charge in [0.15, 0.2) is 6.19 Å². The molecule has 0 spiro atoms. The second kappa shape index (κ2) is 9.38. The number of carbonyl (C=O) groups excluding carboxylic acids is 2. The van der Waals surface area contributed by atoms with Crippen molar-refractivity contribution in [3.8, 4) is 6.19 Å². The zero-order valence-electron chi connectivity index (χ0n) is 15.1. The third-order valence-electron chi connectivity index (χ3n) is 4.72. The summed E-state index contributed by atoms with van der Waals surface area (Å²) in [6.07, 6.45) is 7.72. The second-order valence-corrected chi connectivity index (χ2v) is 8.00. The highest BCUT2D eigenvalue weighted by atomic mass is 32.2. The number of nitriles is 1. The highest BCUT2D eigenvalue weighted by molar-refractivity contribution is 8.14. The fourth-order valence-electron chi connectivity index (χ4n) is 3.26. The summed E-state index contributed by atoms with van der Waals surface area (Å²) in [6, 6.07) is 16.1. The van der Waals surface area contributed by atoms with E-state index in [1.807, 2.05) is 36.5 Å². The van der Waals surface area contributed by atoms with Gasteiger partial charge in [0.25, 0.3) is 5.91 Å². The minimum absolute atomic E-state index is 0.00289. The fraction of sp³-hybridized carbons (Fsp3) is 0.318. The minimum atomic E-state index is -0.390. The van der Waals surface area contributed by atoms with E-state index < -0.39 is 5.91 Å². The van der Waals surface area contributed by atoms with Crippen LogP contribution in [-0.2, 0) is 6.54 Å². The van der Waals surface area contributed by atoms with Crippen LogP contribution in [0.2, 0.25) is 0 Å². The molecule has 1 aliphatic rings. The van der Waals surface area contributed by atoms with Crippen molar-refractivity contribution in [2.75, 3.05) is 0 Å². The van der Waals surface area contributed by atoms with E-state index in [0.717, 1.165) is 23.3 Å². The van der Waals surface area contributed by atoms with Gasteiger partial charge in [-0.3, -0.25) is 9.59 Å². The molecule has 0 unspecified atom stereocenters. The van der Waals surface area contributed by atoms with E-state index in [9.17, 15) is 14.9 Å². The van der Waals surface area contributed by atoms with E-state index in [0.29, 0.717) is 16.4 Å². The lowest BCUT2D eigenvalue weighted by atomic mass is 10.0. The van der Waals surface area contributed by atoms with Crippen molar-refractivity contribution in [2.45, 2.75) is 43.9 Å². The normalized spacial score (nSPS) is 14.3. The number of nitrogens with zero attached hydrogens (tertiary/aromatic N) is 2. The molecule has 2 aromatic carbocycles. The molecule has 1 aliphatic carbocycles. The lowest BCUT2D eigenvalue weighted by molar-refractivity contribution is 0.0824. The van der Waals surface area contributed by atoms with E-state index >= 15 is 0 Å². The molecule has 0 atom stereocenters. The summed E-state index contributed by atoms with van der Waals surface area (Å²) >= 11 is 1.38. The number of thioether (sulfide) groups is 1. The molecule has 0 heterocycles. The maximum Gasteiger partial charge on any atom is 0.267 e. The molecule has 0 saturated heterocycles. The number of amides is 1. The maximum atomic E-state index is 12.7. The van der Waals surface area contributed by atoms with Gasteiger partial charge in [0.2, 0.25) is 5.12 Å². The van der Waals surface area contributed by atoms with Crippen LogP contribution in [0.4, 0.5) is 0 Å². The molecule has 0 radical (unpaired) electrons. The molecular weight excluding hydrogens is 356 g/mol. The van der Waals surface area contributed by atoms with E-state index in [1.54, 1.807) is 24.3 Å². The Kier molecular flexibility index (Phi) is 6.67. The molecule has 0 N–H and O–H groups in total. The molecule has 1 fully saturated rings. The molecule has 27 heavy (non-hydrogen) atoms. The highest BCUT2D eigenvalue weighted by Gasteiger charge is 2.21. The first-order valence-corrected chi connectivity index (χ1v) is 10.1. The average molecular weight is 378 g/mol. The minimum Gasteiger partial charge on any atom is -0.282 e. The smallest absolute Gasteiger partial charge is 0.267 e. The zero-order valence-corrected chi connectivity index (χ0v) is 16.0. The molecule has 1 saturated carbocycles.